The van der Waals surface area contributed by atoms with E-state index < -0.39 is 0 Å². The molecule has 1 aromatic rings. The molecule has 0 bridgehead atoms. The minimum Gasteiger partial charge on any atom is -0.342 e. The lowest BCUT2D eigenvalue weighted by atomic mass is 9.96. The van der Waals surface area contributed by atoms with Crippen molar-refractivity contribution in [3.05, 3.63) is 23.3 Å². The Kier molecular flexibility index (Phi) is 6.13. The number of aromatic nitrogens is 2. The first-order chi connectivity index (χ1) is 14.0. The van der Waals surface area contributed by atoms with Crippen LogP contribution < -0.4 is 0 Å². The first kappa shape index (κ1) is 20.3. The maximum Gasteiger partial charge on any atom is 0.239 e. The number of hydrogen-bond acceptors (Lipinski definition) is 5. The number of carbonyl (C=O) groups is 2. The standard InChI is InChI=1S/C22H33N5O2/c1-16(25-9-4-3-5-10-25)22(29)27-12-8-20-19(15-27)13-23-21(24-20)18-7-6-11-26(14-18)17(2)28/h13,16,18H,3-12,14-15H2,1-2H3/t16-,18-/m1/s1. The maximum atomic E-state index is 13.0. The summed E-state index contributed by atoms with van der Waals surface area (Å²) in [6.45, 7) is 8.63. The molecule has 0 N–H and O–H groups in total. The summed E-state index contributed by atoms with van der Waals surface area (Å²) in [7, 11) is 0. The van der Waals surface area contributed by atoms with E-state index in [1.54, 1.807) is 6.92 Å². The van der Waals surface area contributed by atoms with Crippen LogP contribution >= 0.6 is 0 Å². The van der Waals surface area contributed by atoms with E-state index in [9.17, 15) is 9.59 Å². The van der Waals surface area contributed by atoms with E-state index in [2.05, 4.69) is 9.88 Å². The van der Waals surface area contributed by atoms with Crippen molar-refractivity contribution in [2.75, 3.05) is 32.7 Å². The van der Waals surface area contributed by atoms with Gasteiger partial charge in [0.2, 0.25) is 11.8 Å². The lowest BCUT2D eigenvalue weighted by Gasteiger charge is -2.36. The molecule has 3 aliphatic rings. The van der Waals surface area contributed by atoms with Gasteiger partial charge in [-0.3, -0.25) is 14.5 Å². The smallest absolute Gasteiger partial charge is 0.239 e. The summed E-state index contributed by atoms with van der Waals surface area (Å²) >= 11 is 0. The van der Waals surface area contributed by atoms with Crippen LogP contribution in [0.5, 0.6) is 0 Å². The Bertz CT molecular complexity index is 762. The van der Waals surface area contributed by atoms with E-state index >= 15 is 0 Å². The fraction of sp³-hybridized carbons (Fsp3) is 0.727. The summed E-state index contributed by atoms with van der Waals surface area (Å²) in [5, 5.41) is 0. The van der Waals surface area contributed by atoms with Gasteiger partial charge in [0.05, 0.1) is 11.7 Å². The van der Waals surface area contributed by atoms with Crippen molar-refractivity contribution in [3.8, 4) is 0 Å². The largest absolute Gasteiger partial charge is 0.342 e. The molecule has 0 radical (unpaired) electrons. The third kappa shape index (κ3) is 4.44. The molecule has 4 heterocycles. The van der Waals surface area contributed by atoms with Gasteiger partial charge in [-0.15, -0.1) is 0 Å². The van der Waals surface area contributed by atoms with Crippen LogP contribution in [0.25, 0.3) is 0 Å². The Morgan fingerprint density at radius 3 is 2.62 bits per heavy atom. The highest BCUT2D eigenvalue weighted by Crippen LogP contribution is 2.27. The molecule has 0 spiro atoms. The SMILES string of the molecule is CC(=O)N1CCC[C@@H](c2ncc3c(n2)CCN(C(=O)[C@@H](C)N2CCCCC2)C3)C1. The van der Waals surface area contributed by atoms with Gasteiger partial charge in [-0.1, -0.05) is 6.42 Å². The van der Waals surface area contributed by atoms with Gasteiger partial charge in [0.15, 0.2) is 0 Å². The zero-order chi connectivity index (χ0) is 20.4. The fourth-order valence-corrected chi connectivity index (χ4v) is 4.92. The molecule has 2 saturated heterocycles. The van der Waals surface area contributed by atoms with Crippen LogP contribution in [0.15, 0.2) is 6.20 Å². The van der Waals surface area contributed by atoms with E-state index in [1.165, 1.54) is 19.3 Å². The van der Waals surface area contributed by atoms with Crippen molar-refractivity contribution in [2.45, 2.75) is 70.9 Å². The number of amides is 2. The van der Waals surface area contributed by atoms with Gasteiger partial charge in [0.25, 0.3) is 0 Å². The highest BCUT2D eigenvalue weighted by atomic mass is 16.2. The van der Waals surface area contributed by atoms with Crippen LogP contribution in [-0.2, 0) is 22.6 Å². The molecular formula is C22H33N5O2. The van der Waals surface area contributed by atoms with Gasteiger partial charge in [-0.2, -0.15) is 0 Å². The average Bonchev–Trinajstić information content (AvgIpc) is 2.78. The maximum absolute atomic E-state index is 13.0. The summed E-state index contributed by atoms with van der Waals surface area (Å²) in [6, 6.07) is -0.0446. The molecule has 7 heteroatoms. The molecule has 0 aliphatic carbocycles. The second kappa shape index (κ2) is 8.78. The number of hydrogen-bond donors (Lipinski definition) is 0. The van der Waals surface area contributed by atoms with Gasteiger partial charge in [-0.25, -0.2) is 9.97 Å². The lowest BCUT2D eigenvalue weighted by Crippen LogP contribution is -2.50. The average molecular weight is 400 g/mol. The van der Waals surface area contributed by atoms with Gasteiger partial charge >= 0.3 is 0 Å². The highest BCUT2D eigenvalue weighted by Gasteiger charge is 2.31. The Hall–Kier alpha value is -2.02. The number of carbonyl (C=O) groups excluding carboxylic acids is 2. The molecule has 2 atom stereocenters. The first-order valence-electron chi connectivity index (χ1n) is 11.2. The molecular weight excluding hydrogens is 366 g/mol. The van der Waals surface area contributed by atoms with Crippen LogP contribution in [0.2, 0.25) is 0 Å². The third-order valence-electron chi connectivity index (χ3n) is 6.79. The second-order valence-electron chi connectivity index (χ2n) is 8.79. The number of fused-ring (bicyclic) bond motifs is 1. The summed E-state index contributed by atoms with van der Waals surface area (Å²) in [4.78, 5) is 40.5. The molecule has 1 aromatic heterocycles. The topological polar surface area (TPSA) is 69.6 Å². The van der Waals surface area contributed by atoms with Gasteiger partial charge in [-0.05, 0) is 45.7 Å². The van der Waals surface area contributed by atoms with Crippen molar-refractivity contribution >= 4 is 11.8 Å². The molecule has 158 valence electrons. The van der Waals surface area contributed by atoms with Crippen molar-refractivity contribution < 1.29 is 9.59 Å². The summed E-state index contributed by atoms with van der Waals surface area (Å²) in [6.07, 6.45) is 8.39. The minimum atomic E-state index is -0.0446. The number of piperidine rings is 2. The van der Waals surface area contributed by atoms with Crippen molar-refractivity contribution in [3.63, 3.8) is 0 Å². The van der Waals surface area contributed by atoms with E-state index in [4.69, 9.17) is 4.98 Å². The molecule has 0 unspecified atom stereocenters. The van der Waals surface area contributed by atoms with Crippen LogP contribution in [0.4, 0.5) is 0 Å². The van der Waals surface area contributed by atoms with E-state index in [1.807, 2.05) is 22.9 Å². The second-order valence-corrected chi connectivity index (χ2v) is 8.79. The van der Waals surface area contributed by atoms with Gasteiger partial charge in [0.1, 0.15) is 5.82 Å². The highest BCUT2D eigenvalue weighted by molar-refractivity contribution is 5.81. The third-order valence-corrected chi connectivity index (χ3v) is 6.79. The van der Waals surface area contributed by atoms with Crippen LogP contribution in [0, 0.1) is 0 Å². The Morgan fingerprint density at radius 1 is 1.07 bits per heavy atom. The van der Waals surface area contributed by atoms with Crippen LogP contribution in [0.1, 0.15) is 69.0 Å². The van der Waals surface area contributed by atoms with Crippen molar-refractivity contribution in [1.29, 1.82) is 0 Å². The number of rotatable bonds is 3. The summed E-state index contributed by atoms with van der Waals surface area (Å²) < 4.78 is 0. The van der Waals surface area contributed by atoms with Crippen molar-refractivity contribution in [2.24, 2.45) is 0 Å². The fourth-order valence-electron chi connectivity index (χ4n) is 4.92. The monoisotopic (exact) mass is 399 g/mol. The normalized spacial score (nSPS) is 24.1. The molecule has 2 fully saturated rings. The molecule has 0 aromatic carbocycles. The van der Waals surface area contributed by atoms with E-state index in [0.29, 0.717) is 13.1 Å². The van der Waals surface area contributed by atoms with Crippen LogP contribution in [-0.4, -0.2) is 75.2 Å². The molecule has 29 heavy (non-hydrogen) atoms. The predicted molar refractivity (Wildman–Crippen MR) is 110 cm³/mol. The lowest BCUT2D eigenvalue weighted by molar-refractivity contribution is -0.137. The van der Waals surface area contributed by atoms with E-state index in [-0.39, 0.29) is 23.8 Å². The predicted octanol–water partition coefficient (Wildman–Crippen LogP) is 1.96. The number of likely N-dealkylation sites (tertiary alicyclic amines) is 2. The van der Waals surface area contributed by atoms with Crippen LogP contribution in [0.3, 0.4) is 0 Å². The quantitative estimate of drug-likeness (QED) is 0.777. The Morgan fingerprint density at radius 2 is 1.86 bits per heavy atom. The Balaban J connectivity index is 1.41. The molecule has 0 saturated carbocycles. The molecule has 3 aliphatic heterocycles. The molecule has 7 nitrogen and oxygen atoms in total. The molecule has 2 amide bonds. The zero-order valence-electron chi connectivity index (χ0n) is 17.8. The van der Waals surface area contributed by atoms with Crippen molar-refractivity contribution in [1.82, 2.24) is 24.7 Å². The minimum absolute atomic E-state index is 0.0446. The molecule has 4 rings (SSSR count). The van der Waals surface area contributed by atoms with Gasteiger partial charge in [0, 0.05) is 57.2 Å². The first-order valence-corrected chi connectivity index (χ1v) is 11.2. The van der Waals surface area contributed by atoms with Gasteiger partial charge < -0.3 is 9.80 Å². The number of nitrogens with zero attached hydrogens (tertiary/aromatic N) is 5. The summed E-state index contributed by atoms with van der Waals surface area (Å²) in [5.41, 5.74) is 2.14. The summed E-state index contributed by atoms with van der Waals surface area (Å²) in [5.74, 6) is 1.43. The van der Waals surface area contributed by atoms with E-state index in [0.717, 1.165) is 62.5 Å². The Labute approximate surface area is 173 Å². The zero-order valence-corrected chi connectivity index (χ0v) is 17.8.